The highest BCUT2D eigenvalue weighted by Gasteiger charge is 2.26. The molecule has 1 atom stereocenters. The van der Waals surface area contributed by atoms with E-state index in [0.717, 1.165) is 18.7 Å². The number of rotatable bonds is 5. The highest BCUT2D eigenvalue weighted by atomic mass is 35.5. The molecule has 1 aliphatic heterocycles. The molecule has 0 spiro atoms. The van der Waals surface area contributed by atoms with Crippen molar-refractivity contribution in [3.63, 3.8) is 0 Å². The van der Waals surface area contributed by atoms with E-state index in [1.807, 2.05) is 30.3 Å². The number of nitrogens with zero attached hydrogens (tertiary/aromatic N) is 1. The summed E-state index contributed by atoms with van der Waals surface area (Å²) in [5, 5.41) is 4.41. The first-order valence-corrected chi connectivity index (χ1v) is 8.54. The van der Waals surface area contributed by atoms with E-state index in [-0.39, 0.29) is 18.6 Å². The van der Waals surface area contributed by atoms with Crippen LogP contribution >= 0.6 is 23.2 Å². The molecule has 1 amide bonds. The van der Waals surface area contributed by atoms with Crippen molar-refractivity contribution in [1.29, 1.82) is 0 Å². The van der Waals surface area contributed by atoms with Gasteiger partial charge in [-0.15, -0.1) is 0 Å². The van der Waals surface area contributed by atoms with Crippen molar-refractivity contribution in [2.75, 3.05) is 25.0 Å². The van der Waals surface area contributed by atoms with Crippen LogP contribution in [0, 0.1) is 0 Å². The van der Waals surface area contributed by atoms with Gasteiger partial charge in [0, 0.05) is 35.9 Å². The fraction of sp³-hybridized carbons (Fsp3) is 0.278. The van der Waals surface area contributed by atoms with E-state index >= 15 is 0 Å². The lowest BCUT2D eigenvalue weighted by Gasteiger charge is -2.18. The molecule has 1 saturated heterocycles. The van der Waals surface area contributed by atoms with Crippen molar-refractivity contribution in [3.05, 3.63) is 58.6 Å². The number of anilines is 1. The van der Waals surface area contributed by atoms with E-state index in [1.54, 1.807) is 23.1 Å². The first kappa shape index (κ1) is 16.9. The van der Waals surface area contributed by atoms with Gasteiger partial charge >= 0.3 is 0 Å². The Morgan fingerprint density at radius 1 is 1.21 bits per heavy atom. The average Bonchev–Trinajstić information content (AvgIpc) is 3.05. The van der Waals surface area contributed by atoms with Crippen molar-refractivity contribution < 1.29 is 9.53 Å². The molecule has 0 saturated carbocycles. The van der Waals surface area contributed by atoms with Gasteiger partial charge in [-0.3, -0.25) is 4.79 Å². The molecular weight excluding hydrogens is 347 g/mol. The van der Waals surface area contributed by atoms with Crippen LogP contribution in [0.4, 0.5) is 5.69 Å². The van der Waals surface area contributed by atoms with Gasteiger partial charge in [0.05, 0.1) is 5.02 Å². The van der Waals surface area contributed by atoms with Crippen LogP contribution in [-0.2, 0) is 4.79 Å². The van der Waals surface area contributed by atoms with Gasteiger partial charge in [0.2, 0.25) is 0 Å². The molecule has 0 aliphatic carbocycles. The van der Waals surface area contributed by atoms with Crippen LogP contribution in [0.3, 0.4) is 0 Å². The molecule has 1 aliphatic rings. The van der Waals surface area contributed by atoms with Crippen LogP contribution in [0.1, 0.15) is 6.42 Å². The second kappa shape index (κ2) is 7.77. The van der Waals surface area contributed by atoms with Crippen molar-refractivity contribution in [2.24, 2.45) is 0 Å². The minimum Gasteiger partial charge on any atom is -0.482 e. The monoisotopic (exact) mass is 364 g/mol. The molecule has 2 aromatic rings. The Labute approximate surface area is 151 Å². The number of nitrogens with one attached hydrogen (secondary N) is 1. The summed E-state index contributed by atoms with van der Waals surface area (Å²) in [4.78, 5) is 14.1. The Kier molecular flexibility index (Phi) is 5.48. The third-order valence-corrected chi connectivity index (χ3v) is 4.48. The first-order chi connectivity index (χ1) is 11.6. The van der Waals surface area contributed by atoms with Gasteiger partial charge in [0.25, 0.3) is 5.91 Å². The lowest BCUT2D eigenvalue weighted by atomic mass is 10.2. The summed E-state index contributed by atoms with van der Waals surface area (Å²) in [5.74, 6) is 0.374. The molecule has 1 fully saturated rings. The topological polar surface area (TPSA) is 41.6 Å². The second-order valence-corrected chi connectivity index (χ2v) is 6.54. The maximum absolute atomic E-state index is 12.3. The van der Waals surface area contributed by atoms with Gasteiger partial charge in [0.15, 0.2) is 6.61 Å². The smallest absolute Gasteiger partial charge is 0.260 e. The van der Waals surface area contributed by atoms with Crippen molar-refractivity contribution >= 4 is 34.8 Å². The van der Waals surface area contributed by atoms with Crippen molar-refractivity contribution in [2.45, 2.75) is 12.5 Å². The molecule has 1 heterocycles. The van der Waals surface area contributed by atoms with Gasteiger partial charge < -0.3 is 15.0 Å². The zero-order valence-corrected chi connectivity index (χ0v) is 14.6. The lowest BCUT2D eigenvalue weighted by molar-refractivity contribution is -0.132. The number of carbonyl (C=O) groups is 1. The molecule has 6 heteroatoms. The average molecular weight is 365 g/mol. The first-order valence-electron chi connectivity index (χ1n) is 7.79. The minimum absolute atomic E-state index is 0.0435. The molecule has 1 unspecified atom stereocenters. The summed E-state index contributed by atoms with van der Waals surface area (Å²) in [5.41, 5.74) is 1.07. The minimum atomic E-state index is -0.0524. The molecule has 0 bridgehead atoms. The summed E-state index contributed by atoms with van der Waals surface area (Å²) < 4.78 is 5.52. The Hall–Kier alpha value is -1.91. The predicted octanol–water partition coefficient (Wildman–Crippen LogP) is 4.09. The second-order valence-electron chi connectivity index (χ2n) is 5.70. The fourth-order valence-corrected chi connectivity index (χ4v) is 3.03. The summed E-state index contributed by atoms with van der Waals surface area (Å²) in [7, 11) is 0. The number of carbonyl (C=O) groups excluding carboxylic acids is 1. The van der Waals surface area contributed by atoms with Crippen molar-refractivity contribution in [3.8, 4) is 5.75 Å². The third kappa shape index (κ3) is 4.34. The van der Waals surface area contributed by atoms with E-state index in [1.165, 1.54) is 0 Å². The molecular formula is C18H18Cl2N2O2. The summed E-state index contributed by atoms with van der Waals surface area (Å²) in [6.07, 6.45) is 0.915. The molecule has 126 valence electrons. The van der Waals surface area contributed by atoms with E-state index in [4.69, 9.17) is 27.9 Å². The van der Waals surface area contributed by atoms with Gasteiger partial charge in [-0.1, -0.05) is 41.4 Å². The van der Waals surface area contributed by atoms with Crippen LogP contribution in [0.15, 0.2) is 48.5 Å². The number of halogens is 2. The van der Waals surface area contributed by atoms with E-state index in [2.05, 4.69) is 5.32 Å². The number of amides is 1. The molecule has 3 rings (SSSR count). The highest BCUT2D eigenvalue weighted by molar-refractivity contribution is 6.34. The number of benzene rings is 2. The Bertz CT molecular complexity index is 709. The van der Waals surface area contributed by atoms with Gasteiger partial charge in [0.1, 0.15) is 5.75 Å². The fourth-order valence-electron chi connectivity index (χ4n) is 2.69. The highest BCUT2D eigenvalue weighted by Crippen LogP contribution is 2.27. The number of para-hydroxylation sites is 1. The number of likely N-dealkylation sites (tertiary alicyclic amines) is 1. The van der Waals surface area contributed by atoms with Crippen LogP contribution in [-0.4, -0.2) is 36.5 Å². The summed E-state index contributed by atoms with van der Waals surface area (Å²) in [6.45, 7) is 1.34. The molecule has 0 aromatic heterocycles. The van der Waals surface area contributed by atoms with Gasteiger partial charge in [-0.2, -0.15) is 0 Å². The lowest BCUT2D eigenvalue weighted by Crippen LogP contribution is -2.35. The SMILES string of the molecule is O=C(COc1cc(Cl)ccc1Cl)N1CCC(Nc2ccccc2)C1. The van der Waals surface area contributed by atoms with Gasteiger partial charge in [-0.25, -0.2) is 0 Å². The van der Waals surface area contributed by atoms with E-state index in [9.17, 15) is 4.79 Å². The predicted molar refractivity (Wildman–Crippen MR) is 97.0 cm³/mol. The number of hydrogen-bond donors (Lipinski definition) is 1. The molecule has 2 aromatic carbocycles. The Morgan fingerprint density at radius 3 is 2.79 bits per heavy atom. The van der Waals surface area contributed by atoms with Crippen LogP contribution in [0.5, 0.6) is 5.75 Å². The standard InChI is InChI=1S/C18H18Cl2N2O2/c19-13-6-7-16(20)17(10-13)24-12-18(23)22-9-8-15(11-22)21-14-4-2-1-3-5-14/h1-7,10,15,21H,8-9,11-12H2. The van der Waals surface area contributed by atoms with Crippen LogP contribution in [0.2, 0.25) is 10.0 Å². The zero-order valence-electron chi connectivity index (χ0n) is 13.0. The quantitative estimate of drug-likeness (QED) is 0.868. The zero-order chi connectivity index (χ0) is 16.9. The van der Waals surface area contributed by atoms with Gasteiger partial charge in [-0.05, 0) is 30.7 Å². The summed E-state index contributed by atoms with van der Waals surface area (Å²) in [6, 6.07) is 15.2. The third-order valence-electron chi connectivity index (χ3n) is 3.93. The van der Waals surface area contributed by atoms with E-state index < -0.39 is 0 Å². The largest absolute Gasteiger partial charge is 0.482 e. The molecule has 0 radical (unpaired) electrons. The molecule has 24 heavy (non-hydrogen) atoms. The number of ether oxygens (including phenoxy) is 1. The number of hydrogen-bond acceptors (Lipinski definition) is 3. The Balaban J connectivity index is 1.50. The maximum atomic E-state index is 12.3. The van der Waals surface area contributed by atoms with Crippen LogP contribution in [0.25, 0.3) is 0 Å². The van der Waals surface area contributed by atoms with Crippen molar-refractivity contribution in [1.82, 2.24) is 4.90 Å². The molecule has 4 nitrogen and oxygen atoms in total. The molecule has 1 N–H and O–H groups in total. The Morgan fingerprint density at radius 2 is 2.00 bits per heavy atom. The van der Waals surface area contributed by atoms with Crippen LogP contribution < -0.4 is 10.1 Å². The normalized spacial score (nSPS) is 16.9. The maximum Gasteiger partial charge on any atom is 0.260 e. The summed E-state index contributed by atoms with van der Waals surface area (Å²) >= 11 is 11.9. The van der Waals surface area contributed by atoms with E-state index in [0.29, 0.717) is 22.3 Å².